The van der Waals surface area contributed by atoms with Gasteiger partial charge < -0.3 is 19.7 Å². The van der Waals surface area contributed by atoms with E-state index in [9.17, 15) is 0 Å². The number of nitrogens with one attached hydrogen (secondary N) is 1. The van der Waals surface area contributed by atoms with Crippen LogP contribution in [0.15, 0.2) is 12.3 Å². The first kappa shape index (κ1) is 13.7. The van der Waals surface area contributed by atoms with E-state index in [-0.39, 0.29) is 19.1 Å². The Morgan fingerprint density at radius 3 is 2.95 bits per heavy atom. The van der Waals surface area contributed by atoms with E-state index in [1.807, 2.05) is 13.8 Å². The number of halogens is 1. The third-order valence-corrected chi connectivity index (χ3v) is 3.11. The van der Waals surface area contributed by atoms with Gasteiger partial charge in [0.1, 0.15) is 17.1 Å². The molecule has 0 atom stereocenters. The highest BCUT2D eigenvalue weighted by Gasteiger charge is 2.30. The number of aliphatic hydroxyl groups is 1. The lowest BCUT2D eigenvalue weighted by molar-refractivity contribution is 0.197. The number of aromatic nitrogens is 2. The van der Waals surface area contributed by atoms with Crippen molar-refractivity contribution in [3.8, 4) is 5.88 Å². The second-order valence-electron chi connectivity index (χ2n) is 4.62. The first-order chi connectivity index (χ1) is 8.99. The zero-order valence-corrected chi connectivity index (χ0v) is 11.5. The van der Waals surface area contributed by atoms with Crippen LogP contribution in [0.25, 0.3) is 15.9 Å². The summed E-state index contributed by atoms with van der Waals surface area (Å²) in [5.74, 6) is 0.268. The van der Waals surface area contributed by atoms with Crippen molar-refractivity contribution in [3.63, 3.8) is 0 Å². The molecule has 0 saturated heterocycles. The summed E-state index contributed by atoms with van der Waals surface area (Å²) < 4.78 is 5.28. The van der Waals surface area contributed by atoms with E-state index in [1.165, 1.54) is 0 Å². The number of hydrogen-bond acceptors (Lipinski definition) is 3. The number of nitrogens with zero attached hydrogens (tertiary/aromatic N) is 2. The lowest BCUT2D eigenvalue weighted by Gasteiger charge is -2.10. The second kappa shape index (κ2) is 5.08. The van der Waals surface area contributed by atoms with Gasteiger partial charge in [0, 0.05) is 20.0 Å². The number of pyridine rings is 1. The highest BCUT2D eigenvalue weighted by Crippen LogP contribution is 2.34. The maximum Gasteiger partial charge on any atom is 0.255 e. The van der Waals surface area contributed by atoms with Crippen molar-refractivity contribution >= 4 is 22.6 Å². The number of aliphatic hydroxyl groups excluding tert-OH is 1. The largest absolute Gasteiger partial charge is 0.474 e. The van der Waals surface area contributed by atoms with Gasteiger partial charge >= 0.3 is 0 Å². The van der Waals surface area contributed by atoms with Crippen LogP contribution in [0.1, 0.15) is 19.4 Å². The first-order valence-corrected chi connectivity index (χ1v) is 6.18. The molecule has 0 aliphatic carbocycles. The number of ether oxygens (including phenoxy) is 1. The number of hydrogen-bond donors (Lipinski definition) is 2. The monoisotopic (exact) mass is 279 g/mol. The molecule has 0 radical (unpaired) electrons. The molecule has 0 aromatic carbocycles. The van der Waals surface area contributed by atoms with Crippen LogP contribution in [-0.4, -0.2) is 28.3 Å². The predicted molar refractivity (Wildman–Crippen MR) is 73.3 cm³/mol. The molecule has 0 unspecified atom stereocenters. The molecule has 6 heteroatoms. The second-order valence-corrected chi connectivity index (χ2v) is 5.02. The minimum atomic E-state index is -0.673. The summed E-state index contributed by atoms with van der Waals surface area (Å²) in [6.07, 6.45) is 1.77. The van der Waals surface area contributed by atoms with Crippen LogP contribution in [0.2, 0.25) is 5.02 Å². The van der Waals surface area contributed by atoms with Gasteiger partial charge in [0.2, 0.25) is 5.88 Å². The fraction of sp³-hybridized carbons (Fsp3) is 0.385. The van der Waals surface area contributed by atoms with E-state index in [0.717, 1.165) is 11.1 Å². The van der Waals surface area contributed by atoms with Crippen molar-refractivity contribution in [2.45, 2.75) is 19.4 Å². The molecule has 100 valence electrons. The Kier molecular flexibility index (Phi) is 3.65. The van der Waals surface area contributed by atoms with Gasteiger partial charge in [-0.1, -0.05) is 11.6 Å². The molecule has 0 aliphatic heterocycles. The highest BCUT2D eigenvalue weighted by molar-refractivity contribution is 6.32. The zero-order chi connectivity index (χ0) is 14.0. The Hall–Kier alpha value is -1.77. The van der Waals surface area contributed by atoms with E-state index >= 15 is 0 Å². The quantitative estimate of drug-likeness (QED) is 0.846. The minimum Gasteiger partial charge on any atom is -0.474 e. The molecule has 2 aromatic rings. The van der Waals surface area contributed by atoms with Crippen LogP contribution in [0.4, 0.5) is 0 Å². The molecular weight excluding hydrogens is 266 g/mol. The van der Waals surface area contributed by atoms with Gasteiger partial charge in [-0.15, -0.1) is 0 Å². The molecule has 0 aliphatic rings. The highest BCUT2D eigenvalue weighted by atomic mass is 35.5. The maximum absolute atomic E-state index is 8.77. The molecule has 2 N–H and O–H groups in total. The minimum absolute atomic E-state index is 0.108. The van der Waals surface area contributed by atoms with Crippen LogP contribution in [0.5, 0.6) is 5.88 Å². The fourth-order valence-corrected chi connectivity index (χ4v) is 1.98. The summed E-state index contributed by atoms with van der Waals surface area (Å²) in [6, 6.07) is 1.71. The van der Waals surface area contributed by atoms with Crippen molar-refractivity contribution in [2.24, 2.45) is 0 Å². The molecule has 0 bridgehead atoms. The molecule has 0 spiro atoms. The molecule has 19 heavy (non-hydrogen) atoms. The molecule has 0 fully saturated rings. The SMILES string of the molecule is [C-]#[N+]C(C)(C)c1c[nH]c2cc(Cl)c(OCCO)nc12. The summed E-state index contributed by atoms with van der Waals surface area (Å²) in [4.78, 5) is 11.0. The van der Waals surface area contributed by atoms with Crippen molar-refractivity contribution in [3.05, 3.63) is 34.3 Å². The number of aromatic amines is 1. The number of fused-ring (bicyclic) bond motifs is 1. The number of rotatable bonds is 4. The van der Waals surface area contributed by atoms with Gasteiger partial charge in [-0.3, -0.25) is 0 Å². The van der Waals surface area contributed by atoms with Gasteiger partial charge in [-0.25, -0.2) is 11.6 Å². The van der Waals surface area contributed by atoms with Crippen LogP contribution < -0.4 is 4.74 Å². The van der Waals surface area contributed by atoms with E-state index in [2.05, 4.69) is 14.8 Å². The van der Waals surface area contributed by atoms with Crippen LogP contribution in [-0.2, 0) is 5.54 Å². The van der Waals surface area contributed by atoms with Crippen molar-refractivity contribution in [1.82, 2.24) is 9.97 Å². The summed E-state index contributed by atoms with van der Waals surface area (Å²) in [7, 11) is 0. The molecular formula is C13H14ClN3O2. The number of H-pyrrole nitrogens is 1. The molecule has 0 amide bonds. The molecule has 2 heterocycles. The first-order valence-electron chi connectivity index (χ1n) is 5.80. The summed E-state index contributed by atoms with van der Waals surface area (Å²) in [5, 5.41) is 9.14. The van der Waals surface area contributed by atoms with Crippen molar-refractivity contribution in [2.75, 3.05) is 13.2 Å². The van der Waals surface area contributed by atoms with Crippen LogP contribution in [0, 0.1) is 6.57 Å². The fourth-order valence-electron chi connectivity index (χ4n) is 1.78. The van der Waals surface area contributed by atoms with Crippen molar-refractivity contribution < 1.29 is 9.84 Å². The Bertz CT molecular complexity index is 643. The zero-order valence-electron chi connectivity index (χ0n) is 10.7. The average Bonchev–Trinajstić information content (AvgIpc) is 2.79. The van der Waals surface area contributed by atoms with Gasteiger partial charge in [0.25, 0.3) is 5.54 Å². The van der Waals surface area contributed by atoms with Crippen LogP contribution >= 0.6 is 11.6 Å². The van der Waals surface area contributed by atoms with Gasteiger partial charge in [0.05, 0.1) is 17.7 Å². The Morgan fingerprint density at radius 2 is 2.32 bits per heavy atom. The van der Waals surface area contributed by atoms with Crippen molar-refractivity contribution in [1.29, 1.82) is 0 Å². The third-order valence-electron chi connectivity index (χ3n) is 2.84. The molecule has 5 nitrogen and oxygen atoms in total. The van der Waals surface area contributed by atoms with E-state index < -0.39 is 5.54 Å². The molecule has 2 aromatic heterocycles. The van der Waals surface area contributed by atoms with Gasteiger partial charge in [-0.2, -0.15) is 0 Å². The third kappa shape index (κ3) is 2.50. The lowest BCUT2D eigenvalue weighted by Crippen LogP contribution is -2.11. The lowest BCUT2D eigenvalue weighted by atomic mass is 9.97. The predicted octanol–water partition coefficient (Wildman–Crippen LogP) is 2.74. The molecule has 2 rings (SSSR count). The smallest absolute Gasteiger partial charge is 0.255 e. The summed E-state index contributed by atoms with van der Waals surface area (Å²) in [6.45, 7) is 10.9. The topological polar surface area (TPSA) is 62.5 Å². The maximum atomic E-state index is 8.77. The Balaban J connectivity index is 2.56. The Labute approximate surface area is 116 Å². The van der Waals surface area contributed by atoms with E-state index in [4.69, 9.17) is 28.0 Å². The average molecular weight is 280 g/mol. The van der Waals surface area contributed by atoms with E-state index in [0.29, 0.717) is 10.5 Å². The Morgan fingerprint density at radius 1 is 1.58 bits per heavy atom. The summed E-state index contributed by atoms with van der Waals surface area (Å²) >= 11 is 6.05. The van der Waals surface area contributed by atoms with E-state index in [1.54, 1.807) is 12.3 Å². The standard InChI is InChI=1S/C13H14ClN3O2/c1-13(2,15-3)8-7-16-10-6-9(14)12(17-11(8)10)19-5-4-18/h6-7,16,18H,4-5H2,1-2H3. The van der Waals surface area contributed by atoms with Gasteiger partial charge in [0.15, 0.2) is 0 Å². The summed E-state index contributed by atoms with van der Waals surface area (Å²) in [5.41, 5.74) is 1.54. The normalized spacial score (nSPS) is 11.5. The van der Waals surface area contributed by atoms with Gasteiger partial charge in [-0.05, 0) is 6.07 Å². The van der Waals surface area contributed by atoms with Crippen LogP contribution in [0.3, 0.4) is 0 Å². The molecule has 0 saturated carbocycles.